The van der Waals surface area contributed by atoms with Gasteiger partial charge in [0.25, 0.3) is 0 Å². The fourth-order valence-corrected chi connectivity index (χ4v) is 5.57. The first-order valence-electron chi connectivity index (χ1n) is 10.7. The summed E-state index contributed by atoms with van der Waals surface area (Å²) in [6.07, 6.45) is 0.945. The molecule has 0 unspecified atom stereocenters. The van der Waals surface area contributed by atoms with Gasteiger partial charge in [0.15, 0.2) is 17.2 Å². The molecule has 0 saturated carbocycles. The van der Waals surface area contributed by atoms with E-state index in [1.807, 2.05) is 25.1 Å². The molecule has 33 heavy (non-hydrogen) atoms. The molecule has 1 amide bonds. The number of ether oxygens (including phenoxy) is 3. The molecule has 8 heteroatoms. The van der Waals surface area contributed by atoms with Crippen LogP contribution in [-0.4, -0.2) is 42.5 Å². The zero-order valence-electron chi connectivity index (χ0n) is 18.8. The van der Waals surface area contributed by atoms with Gasteiger partial charge in [-0.2, -0.15) is 5.26 Å². The number of allylic oxidation sites excluding steroid dienone is 1. The first-order chi connectivity index (χ1) is 16.0. The molecule has 0 radical (unpaired) electrons. The standard InChI is InChI=1S/C25H26N2O5S/c1-4-11-32-21-10-5-16(12-22(21)31-3)19-13-23(28)27-24(20(19)14-26)33-15-25(27,29)17-6-8-18(30-2)9-7-17/h5-10,12,19,29H,4,11,13,15H2,1-3H3/t19-,25-/m1/s1. The van der Waals surface area contributed by atoms with Crippen LogP contribution in [0, 0.1) is 11.3 Å². The second-order valence-electron chi connectivity index (χ2n) is 7.91. The van der Waals surface area contributed by atoms with Gasteiger partial charge in [-0.1, -0.05) is 25.1 Å². The van der Waals surface area contributed by atoms with E-state index in [1.54, 1.807) is 38.5 Å². The van der Waals surface area contributed by atoms with Crippen molar-refractivity contribution in [3.63, 3.8) is 0 Å². The van der Waals surface area contributed by atoms with Crippen molar-refractivity contribution in [2.24, 2.45) is 0 Å². The molecule has 1 N–H and O–H groups in total. The number of amides is 1. The van der Waals surface area contributed by atoms with Crippen LogP contribution in [0.3, 0.4) is 0 Å². The fraction of sp³-hybridized carbons (Fsp3) is 0.360. The first kappa shape index (κ1) is 23.0. The minimum absolute atomic E-state index is 0.0732. The number of aliphatic hydroxyl groups is 1. The van der Waals surface area contributed by atoms with Gasteiger partial charge in [-0.25, -0.2) is 0 Å². The first-order valence-corrected chi connectivity index (χ1v) is 11.7. The Hall–Kier alpha value is -3.15. The van der Waals surface area contributed by atoms with E-state index in [4.69, 9.17) is 14.2 Å². The summed E-state index contributed by atoms with van der Waals surface area (Å²) in [6.45, 7) is 2.60. The van der Waals surface area contributed by atoms with Crippen molar-refractivity contribution in [2.75, 3.05) is 26.6 Å². The second kappa shape index (κ2) is 9.38. The molecule has 1 saturated heterocycles. The van der Waals surface area contributed by atoms with Gasteiger partial charge in [0.05, 0.1) is 43.3 Å². The summed E-state index contributed by atoms with van der Waals surface area (Å²) >= 11 is 1.32. The number of rotatable bonds is 7. The highest BCUT2D eigenvalue weighted by molar-refractivity contribution is 8.03. The Morgan fingerprint density at radius 1 is 1.18 bits per heavy atom. The van der Waals surface area contributed by atoms with Crippen LogP contribution in [0.1, 0.15) is 36.8 Å². The van der Waals surface area contributed by atoms with Crippen molar-refractivity contribution in [1.29, 1.82) is 5.26 Å². The zero-order chi connectivity index (χ0) is 23.6. The maximum absolute atomic E-state index is 13.3. The topological polar surface area (TPSA) is 92.0 Å². The molecule has 0 aromatic heterocycles. The number of hydrogen-bond acceptors (Lipinski definition) is 7. The van der Waals surface area contributed by atoms with E-state index in [0.29, 0.717) is 40.0 Å². The van der Waals surface area contributed by atoms with Gasteiger partial charge >= 0.3 is 0 Å². The van der Waals surface area contributed by atoms with Gasteiger partial charge in [0.1, 0.15) is 5.75 Å². The highest BCUT2D eigenvalue weighted by Crippen LogP contribution is 2.52. The van der Waals surface area contributed by atoms with Crippen molar-refractivity contribution >= 4 is 17.7 Å². The van der Waals surface area contributed by atoms with Crippen LogP contribution >= 0.6 is 11.8 Å². The Labute approximate surface area is 197 Å². The third-order valence-electron chi connectivity index (χ3n) is 5.91. The van der Waals surface area contributed by atoms with Gasteiger partial charge < -0.3 is 19.3 Å². The summed E-state index contributed by atoms with van der Waals surface area (Å²) < 4.78 is 16.4. The van der Waals surface area contributed by atoms with Crippen molar-refractivity contribution in [1.82, 2.24) is 4.90 Å². The average molecular weight is 467 g/mol. The van der Waals surface area contributed by atoms with Crippen LogP contribution in [0.2, 0.25) is 0 Å². The van der Waals surface area contributed by atoms with Gasteiger partial charge in [0.2, 0.25) is 5.91 Å². The lowest BCUT2D eigenvalue weighted by atomic mass is 9.85. The molecule has 1 fully saturated rings. The van der Waals surface area contributed by atoms with Crippen LogP contribution in [-0.2, 0) is 10.5 Å². The Bertz CT molecular complexity index is 1120. The quantitative estimate of drug-likeness (QED) is 0.656. The van der Waals surface area contributed by atoms with Crippen LogP contribution in [0.4, 0.5) is 0 Å². The summed E-state index contributed by atoms with van der Waals surface area (Å²) in [5.41, 5.74) is 0.321. The lowest BCUT2D eigenvalue weighted by Crippen LogP contribution is -2.48. The summed E-state index contributed by atoms with van der Waals surface area (Å²) in [6, 6.07) is 14.8. The predicted molar refractivity (Wildman–Crippen MR) is 125 cm³/mol. The number of carbonyl (C=O) groups is 1. The number of benzene rings is 2. The number of nitrogens with zero attached hydrogens (tertiary/aromatic N) is 2. The molecule has 172 valence electrons. The Balaban J connectivity index is 1.72. The largest absolute Gasteiger partial charge is 0.497 e. The maximum atomic E-state index is 13.3. The van der Waals surface area contributed by atoms with Gasteiger partial charge in [-0.05, 0) is 36.2 Å². The van der Waals surface area contributed by atoms with Crippen molar-refractivity contribution in [3.05, 3.63) is 64.2 Å². The number of thioether (sulfide) groups is 1. The van der Waals surface area contributed by atoms with E-state index in [-0.39, 0.29) is 18.1 Å². The average Bonchev–Trinajstić information content (AvgIpc) is 3.21. The third kappa shape index (κ3) is 4.03. The minimum atomic E-state index is -1.52. The lowest BCUT2D eigenvalue weighted by Gasteiger charge is -2.38. The summed E-state index contributed by atoms with van der Waals surface area (Å²) in [7, 11) is 3.14. The van der Waals surface area contributed by atoms with Crippen molar-refractivity contribution in [2.45, 2.75) is 31.4 Å². The van der Waals surface area contributed by atoms with Crippen molar-refractivity contribution < 1.29 is 24.1 Å². The molecule has 2 aromatic carbocycles. The van der Waals surface area contributed by atoms with Crippen molar-refractivity contribution in [3.8, 4) is 23.3 Å². The second-order valence-corrected chi connectivity index (χ2v) is 8.87. The molecule has 2 heterocycles. The molecule has 2 aromatic rings. The predicted octanol–water partition coefficient (Wildman–Crippen LogP) is 4.14. The molecular weight excluding hydrogens is 440 g/mol. The zero-order valence-corrected chi connectivity index (χ0v) is 19.6. The molecule has 2 atom stereocenters. The van der Waals surface area contributed by atoms with E-state index < -0.39 is 11.6 Å². The molecular formula is C25H26N2O5S. The van der Waals surface area contributed by atoms with E-state index in [9.17, 15) is 15.2 Å². The number of fused-ring (bicyclic) bond motifs is 1. The molecule has 0 aliphatic carbocycles. The summed E-state index contributed by atoms with van der Waals surface area (Å²) in [5.74, 6) is 1.43. The number of carbonyl (C=O) groups excluding carboxylic acids is 1. The summed E-state index contributed by atoms with van der Waals surface area (Å²) in [4.78, 5) is 14.7. The highest BCUT2D eigenvalue weighted by Gasteiger charge is 2.51. The molecule has 0 spiro atoms. The molecule has 4 rings (SSSR count). The summed E-state index contributed by atoms with van der Waals surface area (Å²) in [5, 5.41) is 22.1. The smallest absolute Gasteiger partial charge is 0.231 e. The van der Waals surface area contributed by atoms with Gasteiger partial charge in [0, 0.05) is 17.9 Å². The van der Waals surface area contributed by atoms with E-state index >= 15 is 0 Å². The van der Waals surface area contributed by atoms with Gasteiger partial charge in [-0.15, -0.1) is 11.8 Å². The number of hydrogen-bond donors (Lipinski definition) is 1. The molecule has 7 nitrogen and oxygen atoms in total. The van der Waals surface area contributed by atoms with E-state index in [1.165, 1.54) is 16.7 Å². The highest BCUT2D eigenvalue weighted by atomic mass is 32.2. The third-order valence-corrected chi connectivity index (χ3v) is 7.14. The SMILES string of the molecule is CCCOc1ccc([C@H]2CC(=O)N3C(=C2C#N)SC[C@@]3(O)c2ccc(OC)cc2)cc1OC. The molecule has 2 aliphatic rings. The molecule has 0 bridgehead atoms. The lowest BCUT2D eigenvalue weighted by molar-refractivity contribution is -0.149. The monoisotopic (exact) mass is 466 g/mol. The normalized spacial score (nSPS) is 22.1. The fourth-order valence-electron chi connectivity index (χ4n) is 4.21. The van der Waals surface area contributed by atoms with E-state index in [2.05, 4.69) is 6.07 Å². The van der Waals surface area contributed by atoms with E-state index in [0.717, 1.165) is 12.0 Å². The van der Waals surface area contributed by atoms with Crippen LogP contribution in [0.15, 0.2) is 53.1 Å². The number of nitriles is 1. The Kier molecular flexibility index (Phi) is 6.54. The number of methoxy groups -OCH3 is 2. The molecule has 2 aliphatic heterocycles. The minimum Gasteiger partial charge on any atom is -0.497 e. The maximum Gasteiger partial charge on any atom is 0.231 e. The van der Waals surface area contributed by atoms with Crippen LogP contribution in [0.25, 0.3) is 0 Å². The van der Waals surface area contributed by atoms with Gasteiger partial charge in [-0.3, -0.25) is 9.69 Å². The Morgan fingerprint density at radius 3 is 2.58 bits per heavy atom. The van der Waals surface area contributed by atoms with Crippen LogP contribution in [0.5, 0.6) is 17.2 Å². The van der Waals surface area contributed by atoms with Crippen LogP contribution < -0.4 is 14.2 Å². The Morgan fingerprint density at radius 2 is 1.94 bits per heavy atom.